The van der Waals surface area contributed by atoms with Crippen LogP contribution >= 0.6 is 11.3 Å². The van der Waals surface area contributed by atoms with Gasteiger partial charge in [-0.3, -0.25) is 0 Å². The van der Waals surface area contributed by atoms with Gasteiger partial charge in [0.1, 0.15) is 17.9 Å². The number of anilines is 1. The number of aromatic nitrogens is 2. The number of nitrogens with two attached hydrogens (primary N) is 1. The summed E-state index contributed by atoms with van der Waals surface area (Å²) in [6, 6.07) is 10.6. The molecule has 1 fully saturated rings. The SMILES string of the molecule is COc1ccc(-c2cc3ncnc(NCC4CC(N)C4)c3s2)cc1.O=C(O)C(F)(F)F. The van der Waals surface area contributed by atoms with Crippen molar-refractivity contribution in [3.05, 3.63) is 36.7 Å². The Kier molecular flexibility index (Phi) is 6.96. The largest absolute Gasteiger partial charge is 0.497 e. The van der Waals surface area contributed by atoms with Gasteiger partial charge in [-0.1, -0.05) is 0 Å². The van der Waals surface area contributed by atoms with Gasteiger partial charge in [0.05, 0.1) is 17.3 Å². The molecule has 4 N–H and O–H groups in total. The van der Waals surface area contributed by atoms with Crippen LogP contribution in [0, 0.1) is 5.92 Å². The molecule has 0 bridgehead atoms. The Hall–Kier alpha value is -2.92. The highest BCUT2D eigenvalue weighted by Gasteiger charge is 2.38. The number of hydrogen-bond donors (Lipinski definition) is 3. The molecule has 2 heterocycles. The van der Waals surface area contributed by atoms with Crippen LogP contribution in [0.25, 0.3) is 20.7 Å². The van der Waals surface area contributed by atoms with Crippen LogP contribution in [0.3, 0.4) is 0 Å². The maximum Gasteiger partial charge on any atom is 0.490 e. The average Bonchev–Trinajstić information content (AvgIpc) is 3.15. The number of benzene rings is 1. The first-order chi connectivity index (χ1) is 14.7. The number of hydrogen-bond acceptors (Lipinski definition) is 7. The third kappa shape index (κ3) is 5.82. The Morgan fingerprint density at radius 2 is 1.94 bits per heavy atom. The Morgan fingerprint density at radius 1 is 1.29 bits per heavy atom. The van der Waals surface area contributed by atoms with E-state index in [2.05, 4.69) is 33.5 Å². The minimum atomic E-state index is -5.08. The number of ether oxygens (including phenoxy) is 1. The van der Waals surface area contributed by atoms with Gasteiger partial charge in [-0.15, -0.1) is 11.3 Å². The van der Waals surface area contributed by atoms with Gasteiger partial charge in [0.25, 0.3) is 0 Å². The van der Waals surface area contributed by atoms with Crippen molar-refractivity contribution in [2.75, 3.05) is 19.0 Å². The molecule has 31 heavy (non-hydrogen) atoms. The Bertz CT molecular complexity index is 1030. The summed E-state index contributed by atoms with van der Waals surface area (Å²) in [5.74, 6) is -0.315. The molecule has 0 radical (unpaired) electrons. The van der Waals surface area contributed by atoms with E-state index in [-0.39, 0.29) is 0 Å². The van der Waals surface area contributed by atoms with Crippen molar-refractivity contribution in [2.45, 2.75) is 25.1 Å². The fourth-order valence-corrected chi connectivity index (χ4v) is 4.15. The maximum absolute atomic E-state index is 10.6. The fourth-order valence-electron chi connectivity index (χ4n) is 3.07. The molecule has 0 aliphatic heterocycles. The third-order valence-corrected chi connectivity index (χ3v) is 5.94. The quantitative estimate of drug-likeness (QED) is 0.531. The summed E-state index contributed by atoms with van der Waals surface area (Å²) in [5.41, 5.74) is 8.00. The molecule has 0 saturated heterocycles. The molecule has 0 atom stereocenters. The lowest BCUT2D eigenvalue weighted by Crippen LogP contribution is -2.39. The van der Waals surface area contributed by atoms with Gasteiger partial charge in [-0.2, -0.15) is 13.2 Å². The van der Waals surface area contributed by atoms with Gasteiger partial charge in [-0.05, 0) is 54.7 Å². The number of thiophene rings is 1. The summed E-state index contributed by atoms with van der Waals surface area (Å²) >= 11 is 1.72. The molecule has 1 saturated carbocycles. The molecule has 11 heteroatoms. The van der Waals surface area contributed by atoms with E-state index >= 15 is 0 Å². The topological polar surface area (TPSA) is 110 Å². The van der Waals surface area contributed by atoms with Gasteiger partial charge >= 0.3 is 12.1 Å². The molecule has 3 aromatic rings. The Labute approximate surface area is 180 Å². The number of carboxylic acids is 1. The van der Waals surface area contributed by atoms with E-state index < -0.39 is 12.1 Å². The van der Waals surface area contributed by atoms with Crippen molar-refractivity contribution < 1.29 is 27.8 Å². The zero-order valence-electron chi connectivity index (χ0n) is 16.5. The second-order valence-electron chi connectivity index (χ2n) is 7.06. The van der Waals surface area contributed by atoms with Gasteiger partial charge in [0, 0.05) is 17.5 Å². The summed E-state index contributed by atoms with van der Waals surface area (Å²) in [7, 11) is 1.68. The molecular formula is C20H21F3N4O3S. The molecule has 1 aromatic carbocycles. The first-order valence-electron chi connectivity index (χ1n) is 9.36. The van der Waals surface area contributed by atoms with Gasteiger partial charge in [0.2, 0.25) is 0 Å². The fraction of sp³-hybridized carbons (Fsp3) is 0.350. The molecule has 4 rings (SSSR count). The van der Waals surface area contributed by atoms with E-state index in [1.54, 1.807) is 24.8 Å². The van der Waals surface area contributed by atoms with Crippen LogP contribution in [-0.4, -0.2) is 46.9 Å². The summed E-state index contributed by atoms with van der Waals surface area (Å²) < 4.78 is 38.1. The van der Waals surface area contributed by atoms with E-state index in [4.69, 9.17) is 20.4 Å². The number of alkyl halides is 3. The van der Waals surface area contributed by atoms with Crippen LogP contribution in [0.4, 0.5) is 19.0 Å². The normalized spacial score (nSPS) is 18.0. The molecule has 0 unspecified atom stereocenters. The number of halogens is 3. The van der Waals surface area contributed by atoms with Crippen LogP contribution in [-0.2, 0) is 4.79 Å². The molecule has 1 aliphatic carbocycles. The number of carboxylic acid groups (broad SMARTS) is 1. The van der Waals surface area contributed by atoms with Gasteiger partial charge < -0.3 is 20.9 Å². The van der Waals surface area contributed by atoms with Crippen molar-refractivity contribution in [1.82, 2.24) is 9.97 Å². The average molecular weight is 454 g/mol. The zero-order valence-corrected chi connectivity index (χ0v) is 17.3. The van der Waals surface area contributed by atoms with E-state index in [1.165, 1.54) is 4.88 Å². The molecule has 2 aromatic heterocycles. The van der Waals surface area contributed by atoms with E-state index in [1.807, 2.05) is 12.1 Å². The minimum Gasteiger partial charge on any atom is -0.497 e. The smallest absolute Gasteiger partial charge is 0.490 e. The monoisotopic (exact) mass is 454 g/mol. The summed E-state index contributed by atoms with van der Waals surface area (Å²) in [5, 5.41) is 10.6. The highest BCUT2D eigenvalue weighted by atomic mass is 32.1. The maximum atomic E-state index is 10.6. The van der Waals surface area contributed by atoms with Crippen LogP contribution in [0.2, 0.25) is 0 Å². The molecule has 166 valence electrons. The third-order valence-electron chi connectivity index (χ3n) is 4.76. The number of methoxy groups -OCH3 is 1. The lowest BCUT2D eigenvalue weighted by molar-refractivity contribution is -0.192. The first kappa shape index (κ1) is 22.8. The lowest BCUT2D eigenvalue weighted by Gasteiger charge is -2.32. The Balaban J connectivity index is 0.000000339. The summed E-state index contributed by atoms with van der Waals surface area (Å²) in [4.78, 5) is 18.9. The van der Waals surface area contributed by atoms with Crippen LogP contribution in [0.1, 0.15) is 12.8 Å². The molecule has 0 spiro atoms. The Morgan fingerprint density at radius 3 is 2.48 bits per heavy atom. The number of carbonyl (C=O) groups is 1. The van der Waals surface area contributed by atoms with Crippen LogP contribution in [0.5, 0.6) is 5.75 Å². The predicted molar refractivity (Wildman–Crippen MR) is 112 cm³/mol. The molecular weight excluding hydrogens is 433 g/mol. The van der Waals surface area contributed by atoms with E-state index in [0.29, 0.717) is 12.0 Å². The van der Waals surface area contributed by atoms with Gasteiger partial charge in [-0.25, -0.2) is 14.8 Å². The number of nitrogens with one attached hydrogen (secondary N) is 1. The van der Waals surface area contributed by atoms with Crippen LogP contribution < -0.4 is 15.8 Å². The number of nitrogens with zero attached hydrogens (tertiary/aromatic N) is 2. The van der Waals surface area contributed by atoms with Crippen molar-refractivity contribution in [1.29, 1.82) is 0 Å². The predicted octanol–water partition coefficient (Wildman–Crippen LogP) is 4.15. The highest BCUT2D eigenvalue weighted by Crippen LogP contribution is 2.36. The van der Waals surface area contributed by atoms with Crippen molar-refractivity contribution in [3.8, 4) is 16.2 Å². The molecule has 1 aliphatic rings. The zero-order chi connectivity index (χ0) is 22.6. The first-order valence-corrected chi connectivity index (χ1v) is 10.2. The van der Waals surface area contributed by atoms with E-state index in [0.717, 1.165) is 46.7 Å². The number of aliphatic carboxylic acids is 1. The second kappa shape index (κ2) is 9.48. The van der Waals surface area contributed by atoms with Crippen LogP contribution in [0.15, 0.2) is 36.7 Å². The van der Waals surface area contributed by atoms with E-state index in [9.17, 15) is 13.2 Å². The minimum absolute atomic E-state index is 0.380. The molecule has 7 nitrogen and oxygen atoms in total. The second-order valence-corrected chi connectivity index (χ2v) is 8.11. The van der Waals surface area contributed by atoms with Crippen molar-refractivity contribution in [3.63, 3.8) is 0 Å². The molecule has 0 amide bonds. The summed E-state index contributed by atoms with van der Waals surface area (Å²) in [6.07, 6.45) is -1.26. The lowest BCUT2D eigenvalue weighted by atomic mass is 9.81. The van der Waals surface area contributed by atoms with Gasteiger partial charge in [0.15, 0.2) is 0 Å². The number of fused-ring (bicyclic) bond motifs is 1. The number of rotatable bonds is 5. The van der Waals surface area contributed by atoms with Crippen molar-refractivity contribution in [2.24, 2.45) is 11.7 Å². The standard InChI is InChI=1S/C18H20N4OS.C2HF3O2/c1-23-14-4-2-12(3-5-14)16-8-15-17(24-16)18(22-10-21-15)20-9-11-6-13(19)7-11;3-2(4,5)1(6)7/h2-5,8,10-11,13H,6-7,9,19H2,1H3,(H,20,21,22);(H,6,7). The highest BCUT2D eigenvalue weighted by molar-refractivity contribution is 7.22. The van der Waals surface area contributed by atoms with Crippen molar-refractivity contribution >= 4 is 33.3 Å². The summed E-state index contributed by atoms with van der Waals surface area (Å²) in [6.45, 7) is 0.926.